The molecule has 0 saturated heterocycles. The van der Waals surface area contributed by atoms with Crippen LogP contribution in [0.2, 0.25) is 5.15 Å². The van der Waals surface area contributed by atoms with E-state index in [1.165, 1.54) is 0 Å². The van der Waals surface area contributed by atoms with Crippen LogP contribution in [0.15, 0.2) is 72.8 Å². The van der Waals surface area contributed by atoms with Crippen LogP contribution in [0.1, 0.15) is 30.7 Å². The number of halogens is 1. The lowest BCUT2D eigenvalue weighted by Crippen LogP contribution is -2.25. The molecule has 0 fully saturated rings. The highest BCUT2D eigenvalue weighted by Crippen LogP contribution is 2.32. The normalized spacial score (nSPS) is 12.6. The van der Waals surface area contributed by atoms with Gasteiger partial charge in [-0.2, -0.15) is 0 Å². The lowest BCUT2D eigenvalue weighted by atomic mass is 10.1. The van der Waals surface area contributed by atoms with Gasteiger partial charge in [0.15, 0.2) is 16.7 Å². The molecule has 1 aliphatic heterocycles. The number of hydrogen-bond acceptors (Lipinski definition) is 6. The first-order valence-electron chi connectivity index (χ1n) is 13.3. The van der Waals surface area contributed by atoms with Gasteiger partial charge < -0.3 is 23.5 Å². The first-order valence-corrected chi connectivity index (χ1v) is 13.7. The van der Waals surface area contributed by atoms with Crippen LogP contribution in [0.4, 0.5) is 0 Å². The van der Waals surface area contributed by atoms with Crippen molar-refractivity contribution in [3.63, 3.8) is 0 Å². The van der Waals surface area contributed by atoms with Crippen LogP contribution in [0.3, 0.4) is 0 Å². The Morgan fingerprint density at radius 3 is 2.38 bits per heavy atom. The summed E-state index contributed by atoms with van der Waals surface area (Å²) in [6.45, 7) is 8.62. The second-order valence-corrected chi connectivity index (χ2v) is 9.65. The summed E-state index contributed by atoms with van der Waals surface area (Å²) in [5.74, 6) is 3.22. The predicted octanol–water partition coefficient (Wildman–Crippen LogP) is 6.57. The van der Waals surface area contributed by atoms with E-state index >= 15 is 0 Å². The Bertz CT molecular complexity index is 1380. The standard InChI is InChI=1S/C31H34ClN3O4/c1-3-36-22-35-27(30(32)33-31(35)25-10-6-5-7-11-25)21-34(19-23-9-8-12-26(17-23)37-4-2)20-24-13-14-28-29(18-24)39-16-15-38-28/h5-14,17-18H,3-4,15-16,19-22H2,1-2H3. The number of hydrogen-bond donors (Lipinski definition) is 0. The Kier molecular flexibility index (Phi) is 9.04. The van der Waals surface area contributed by atoms with Crippen molar-refractivity contribution < 1.29 is 18.9 Å². The summed E-state index contributed by atoms with van der Waals surface area (Å²) in [5.41, 5.74) is 4.17. The van der Waals surface area contributed by atoms with E-state index in [1.54, 1.807) is 0 Å². The number of benzene rings is 3. The molecule has 4 aromatic rings. The fraction of sp³-hybridized carbons (Fsp3) is 0.323. The van der Waals surface area contributed by atoms with Gasteiger partial charge in [0.1, 0.15) is 31.5 Å². The summed E-state index contributed by atoms with van der Waals surface area (Å²) in [6, 6.07) is 24.4. The third-order valence-corrected chi connectivity index (χ3v) is 6.78. The minimum Gasteiger partial charge on any atom is -0.494 e. The number of aromatic nitrogens is 2. The van der Waals surface area contributed by atoms with Crippen molar-refractivity contribution in [3.8, 4) is 28.6 Å². The molecule has 0 amide bonds. The zero-order valence-corrected chi connectivity index (χ0v) is 23.2. The van der Waals surface area contributed by atoms with Crippen LogP contribution in [0.25, 0.3) is 11.4 Å². The van der Waals surface area contributed by atoms with Crippen molar-refractivity contribution in [3.05, 3.63) is 94.8 Å². The number of nitrogens with zero attached hydrogens (tertiary/aromatic N) is 3. The van der Waals surface area contributed by atoms with E-state index in [2.05, 4.69) is 33.7 Å². The molecule has 0 radical (unpaired) electrons. The first-order chi connectivity index (χ1) is 19.1. The number of ether oxygens (including phenoxy) is 4. The van der Waals surface area contributed by atoms with Gasteiger partial charge in [0.05, 0.1) is 12.3 Å². The van der Waals surface area contributed by atoms with Crippen molar-refractivity contribution in [1.82, 2.24) is 14.5 Å². The van der Waals surface area contributed by atoms with E-state index in [0.29, 0.717) is 57.9 Å². The van der Waals surface area contributed by atoms with Gasteiger partial charge >= 0.3 is 0 Å². The predicted molar refractivity (Wildman–Crippen MR) is 152 cm³/mol. The van der Waals surface area contributed by atoms with Gasteiger partial charge in [-0.1, -0.05) is 60.1 Å². The average molecular weight is 548 g/mol. The molecule has 0 aliphatic carbocycles. The molecule has 1 aromatic heterocycles. The molecule has 0 atom stereocenters. The molecule has 7 nitrogen and oxygen atoms in total. The summed E-state index contributed by atoms with van der Waals surface area (Å²) in [4.78, 5) is 7.11. The van der Waals surface area contributed by atoms with Crippen molar-refractivity contribution in [1.29, 1.82) is 0 Å². The number of imidazole rings is 1. The highest BCUT2D eigenvalue weighted by Gasteiger charge is 2.21. The SMILES string of the molecule is CCOCn1c(-c2ccccc2)nc(Cl)c1CN(Cc1cccc(OCC)c1)Cc1ccc2c(c1)OCCO2. The maximum Gasteiger partial charge on any atom is 0.161 e. The Labute approximate surface area is 234 Å². The van der Waals surface area contributed by atoms with Gasteiger partial charge in [-0.25, -0.2) is 4.98 Å². The Morgan fingerprint density at radius 1 is 0.846 bits per heavy atom. The lowest BCUT2D eigenvalue weighted by molar-refractivity contribution is 0.0846. The van der Waals surface area contributed by atoms with Crippen LogP contribution in [0, 0.1) is 0 Å². The van der Waals surface area contributed by atoms with E-state index in [1.807, 2.05) is 62.4 Å². The van der Waals surface area contributed by atoms with Crippen molar-refractivity contribution >= 4 is 11.6 Å². The molecule has 5 rings (SSSR count). The summed E-state index contributed by atoms with van der Waals surface area (Å²) < 4.78 is 25.3. The molecule has 0 unspecified atom stereocenters. The summed E-state index contributed by atoms with van der Waals surface area (Å²) in [6.07, 6.45) is 0. The molecule has 0 saturated carbocycles. The second-order valence-electron chi connectivity index (χ2n) is 9.29. The van der Waals surface area contributed by atoms with Gasteiger partial charge in [-0.3, -0.25) is 4.90 Å². The molecule has 8 heteroatoms. The smallest absolute Gasteiger partial charge is 0.161 e. The van der Waals surface area contributed by atoms with Gasteiger partial charge in [0.25, 0.3) is 0 Å². The van der Waals surface area contributed by atoms with Gasteiger partial charge in [-0.05, 0) is 49.2 Å². The molecule has 0 spiro atoms. The molecule has 3 aromatic carbocycles. The molecule has 0 bridgehead atoms. The minimum atomic E-state index is 0.369. The number of fused-ring (bicyclic) bond motifs is 1. The topological polar surface area (TPSA) is 58.0 Å². The van der Waals surface area contributed by atoms with Crippen LogP contribution >= 0.6 is 11.6 Å². The molecular weight excluding hydrogens is 514 g/mol. The van der Waals surface area contributed by atoms with E-state index in [-0.39, 0.29) is 0 Å². The van der Waals surface area contributed by atoms with Crippen LogP contribution in [-0.2, 0) is 31.1 Å². The van der Waals surface area contributed by atoms with E-state index in [4.69, 9.17) is 35.5 Å². The van der Waals surface area contributed by atoms with E-state index in [9.17, 15) is 0 Å². The van der Waals surface area contributed by atoms with Crippen LogP contribution < -0.4 is 14.2 Å². The van der Waals surface area contributed by atoms with E-state index < -0.39 is 0 Å². The Balaban J connectivity index is 1.48. The van der Waals surface area contributed by atoms with Crippen LogP contribution in [0.5, 0.6) is 17.2 Å². The van der Waals surface area contributed by atoms with Crippen molar-refractivity contribution in [2.45, 2.75) is 40.2 Å². The molecule has 2 heterocycles. The van der Waals surface area contributed by atoms with Crippen LogP contribution in [-0.4, -0.2) is 40.9 Å². The van der Waals surface area contributed by atoms with E-state index in [0.717, 1.165) is 45.5 Å². The molecule has 204 valence electrons. The quantitative estimate of drug-likeness (QED) is 0.200. The molecule has 39 heavy (non-hydrogen) atoms. The minimum absolute atomic E-state index is 0.369. The van der Waals surface area contributed by atoms with Gasteiger partial charge in [0, 0.05) is 31.8 Å². The summed E-state index contributed by atoms with van der Waals surface area (Å²) in [5, 5.41) is 0.476. The Morgan fingerprint density at radius 2 is 1.62 bits per heavy atom. The maximum atomic E-state index is 6.82. The monoisotopic (exact) mass is 547 g/mol. The largest absolute Gasteiger partial charge is 0.494 e. The zero-order chi connectivity index (χ0) is 27.0. The molecular formula is C31H34ClN3O4. The molecule has 1 aliphatic rings. The third-order valence-electron chi connectivity index (χ3n) is 6.48. The zero-order valence-electron chi connectivity index (χ0n) is 22.4. The highest BCUT2D eigenvalue weighted by molar-refractivity contribution is 6.30. The Hall–Kier alpha value is -3.52. The number of rotatable bonds is 12. The van der Waals surface area contributed by atoms with Crippen molar-refractivity contribution in [2.75, 3.05) is 26.4 Å². The van der Waals surface area contributed by atoms with Crippen molar-refractivity contribution in [2.24, 2.45) is 0 Å². The third kappa shape index (κ3) is 6.74. The fourth-order valence-corrected chi connectivity index (χ4v) is 4.96. The van der Waals surface area contributed by atoms with Gasteiger partial charge in [-0.15, -0.1) is 0 Å². The molecule has 0 N–H and O–H groups in total. The highest BCUT2D eigenvalue weighted by atomic mass is 35.5. The maximum absolute atomic E-state index is 6.82. The second kappa shape index (κ2) is 13.0. The summed E-state index contributed by atoms with van der Waals surface area (Å²) >= 11 is 6.82. The lowest BCUT2D eigenvalue weighted by Gasteiger charge is -2.25. The van der Waals surface area contributed by atoms with Gasteiger partial charge in [0.2, 0.25) is 0 Å². The average Bonchev–Trinajstić information content (AvgIpc) is 3.27. The first kappa shape index (κ1) is 27.1. The summed E-state index contributed by atoms with van der Waals surface area (Å²) in [7, 11) is 0. The fourth-order valence-electron chi connectivity index (χ4n) is 4.72.